The van der Waals surface area contributed by atoms with Crippen molar-refractivity contribution in [3.8, 4) is 22.6 Å². The van der Waals surface area contributed by atoms with Gasteiger partial charge < -0.3 is 19.7 Å². The second-order valence-corrected chi connectivity index (χ2v) is 10.3. The number of carbonyl (C=O) groups excluding carboxylic acids is 1. The van der Waals surface area contributed by atoms with Gasteiger partial charge in [0.15, 0.2) is 6.29 Å². The van der Waals surface area contributed by atoms with E-state index < -0.39 is 5.60 Å². The summed E-state index contributed by atoms with van der Waals surface area (Å²) in [7, 11) is 0. The van der Waals surface area contributed by atoms with E-state index in [1.165, 1.54) is 12.1 Å². The smallest absolute Gasteiger partial charge is 0.153 e. The number of ether oxygens (including phenoxy) is 2. The summed E-state index contributed by atoms with van der Waals surface area (Å²) in [6.45, 7) is 8.74. The van der Waals surface area contributed by atoms with Gasteiger partial charge in [0.2, 0.25) is 0 Å². The van der Waals surface area contributed by atoms with Gasteiger partial charge >= 0.3 is 0 Å². The van der Waals surface area contributed by atoms with Gasteiger partial charge in [-0.25, -0.2) is 0 Å². The first-order valence-corrected chi connectivity index (χ1v) is 13.1. The number of aliphatic hydroxyl groups excluding tert-OH is 1. The number of carbonyl (C=O) groups is 1. The lowest BCUT2D eigenvalue weighted by Gasteiger charge is -2.34. The number of benzene rings is 3. The molecule has 0 aliphatic rings. The molecule has 2 unspecified atom stereocenters. The molecule has 0 saturated carbocycles. The molecule has 3 aromatic rings. The number of hydrogen-bond acceptors (Lipinski definition) is 5. The fraction of sp³-hybridized carbons (Fsp3) is 0.367. The quantitative estimate of drug-likeness (QED) is 0.183. The van der Waals surface area contributed by atoms with E-state index in [-0.39, 0.29) is 34.9 Å². The highest BCUT2D eigenvalue weighted by atomic mass is 35.5. The Labute approximate surface area is 229 Å². The number of alkyl halides is 1. The van der Waals surface area contributed by atoms with Crippen LogP contribution in [0.4, 0.5) is 0 Å². The molecule has 0 aromatic heterocycles. The van der Waals surface area contributed by atoms with Crippen LogP contribution in [-0.2, 0) is 18.0 Å². The standard InChI is InChI=1S/C30H34Cl2O5/c1-5-29(32)30(4,12-13-33)37-18-22-9-7-11-25(20(22)3)24-10-6-8-21(19(24)2)17-36-28-15-27(35)23(16-34)14-26(28)31/h6-11,14-16,29,33,35H,5,12-13,17-18H2,1-4H3. The molecule has 2 atom stereocenters. The Hall–Kier alpha value is -2.57. The number of rotatable bonds is 12. The number of phenolic OH excluding ortho intramolecular Hbond substituents is 1. The van der Waals surface area contributed by atoms with E-state index in [1.807, 2.05) is 45.0 Å². The largest absolute Gasteiger partial charge is 0.507 e. The number of aldehydes is 1. The van der Waals surface area contributed by atoms with Gasteiger partial charge in [-0.1, -0.05) is 54.9 Å². The van der Waals surface area contributed by atoms with Crippen molar-refractivity contribution >= 4 is 29.5 Å². The maximum absolute atomic E-state index is 11.0. The topological polar surface area (TPSA) is 76.0 Å². The minimum absolute atomic E-state index is 0.0128. The van der Waals surface area contributed by atoms with Crippen LogP contribution in [-0.4, -0.2) is 34.1 Å². The average molecular weight is 546 g/mol. The Balaban J connectivity index is 1.84. The van der Waals surface area contributed by atoms with Crippen LogP contribution in [0.1, 0.15) is 59.3 Å². The summed E-state index contributed by atoms with van der Waals surface area (Å²) in [5.74, 6) is 0.129. The maximum Gasteiger partial charge on any atom is 0.153 e. The second-order valence-electron chi connectivity index (χ2n) is 9.38. The number of hydrogen-bond donors (Lipinski definition) is 2. The van der Waals surface area contributed by atoms with Crippen molar-refractivity contribution in [1.29, 1.82) is 0 Å². The number of aliphatic hydroxyl groups is 1. The van der Waals surface area contributed by atoms with Crippen molar-refractivity contribution in [3.63, 3.8) is 0 Å². The Kier molecular flexibility index (Phi) is 10.0. The predicted molar refractivity (Wildman–Crippen MR) is 149 cm³/mol. The lowest BCUT2D eigenvalue weighted by atomic mass is 9.91. The third-order valence-corrected chi connectivity index (χ3v) is 8.03. The monoisotopic (exact) mass is 544 g/mol. The van der Waals surface area contributed by atoms with E-state index in [2.05, 4.69) is 19.1 Å². The normalized spacial score (nSPS) is 13.7. The molecule has 198 valence electrons. The highest BCUT2D eigenvalue weighted by Gasteiger charge is 2.32. The van der Waals surface area contributed by atoms with Gasteiger partial charge in [-0.05, 0) is 66.6 Å². The molecule has 3 aromatic carbocycles. The summed E-state index contributed by atoms with van der Waals surface area (Å²) in [6, 6.07) is 14.9. The van der Waals surface area contributed by atoms with Crippen LogP contribution in [0.2, 0.25) is 5.02 Å². The third kappa shape index (κ3) is 6.66. The number of aromatic hydroxyl groups is 1. The van der Waals surface area contributed by atoms with Crippen LogP contribution in [0.3, 0.4) is 0 Å². The van der Waals surface area contributed by atoms with Crippen LogP contribution in [0.5, 0.6) is 11.5 Å². The van der Waals surface area contributed by atoms with Crippen LogP contribution >= 0.6 is 23.2 Å². The summed E-state index contributed by atoms with van der Waals surface area (Å²) in [5.41, 5.74) is 5.85. The Morgan fingerprint density at radius 2 is 1.62 bits per heavy atom. The first kappa shape index (κ1) is 29.0. The molecule has 2 N–H and O–H groups in total. The van der Waals surface area contributed by atoms with Gasteiger partial charge in [-0.15, -0.1) is 11.6 Å². The van der Waals surface area contributed by atoms with Crippen LogP contribution < -0.4 is 4.74 Å². The zero-order chi connectivity index (χ0) is 27.2. The second kappa shape index (κ2) is 12.8. The lowest BCUT2D eigenvalue weighted by molar-refractivity contribution is -0.0601. The summed E-state index contributed by atoms with van der Waals surface area (Å²) in [4.78, 5) is 11.0. The van der Waals surface area contributed by atoms with E-state index >= 15 is 0 Å². The summed E-state index contributed by atoms with van der Waals surface area (Å²) >= 11 is 12.8. The molecule has 0 aliphatic carbocycles. The van der Waals surface area contributed by atoms with E-state index in [1.54, 1.807) is 0 Å². The highest BCUT2D eigenvalue weighted by molar-refractivity contribution is 6.32. The van der Waals surface area contributed by atoms with E-state index in [4.69, 9.17) is 32.7 Å². The zero-order valence-corrected chi connectivity index (χ0v) is 23.2. The molecular weight excluding hydrogens is 511 g/mol. The Morgan fingerprint density at radius 1 is 1.03 bits per heavy atom. The molecular formula is C30H34Cl2O5. The molecule has 0 radical (unpaired) electrons. The maximum atomic E-state index is 11.0. The van der Waals surface area contributed by atoms with E-state index in [0.29, 0.717) is 25.1 Å². The fourth-order valence-corrected chi connectivity index (χ4v) is 4.80. The highest BCUT2D eigenvalue weighted by Crippen LogP contribution is 2.35. The molecule has 7 heteroatoms. The van der Waals surface area contributed by atoms with Crippen molar-refractivity contribution in [1.82, 2.24) is 0 Å². The van der Waals surface area contributed by atoms with Gasteiger partial charge in [0.1, 0.15) is 18.1 Å². The van der Waals surface area contributed by atoms with Crippen molar-refractivity contribution < 1.29 is 24.5 Å². The molecule has 0 amide bonds. The minimum atomic E-state index is -0.625. The minimum Gasteiger partial charge on any atom is -0.507 e. The van der Waals surface area contributed by atoms with Crippen LogP contribution in [0.25, 0.3) is 11.1 Å². The summed E-state index contributed by atoms with van der Waals surface area (Å²) in [6.07, 6.45) is 1.76. The summed E-state index contributed by atoms with van der Waals surface area (Å²) < 4.78 is 12.2. The van der Waals surface area contributed by atoms with Crippen LogP contribution in [0.15, 0.2) is 48.5 Å². The van der Waals surface area contributed by atoms with Crippen LogP contribution in [0, 0.1) is 13.8 Å². The van der Waals surface area contributed by atoms with Gasteiger partial charge in [-0.2, -0.15) is 0 Å². The molecule has 0 aliphatic heterocycles. The van der Waals surface area contributed by atoms with Crippen molar-refractivity contribution in [2.45, 2.75) is 64.7 Å². The van der Waals surface area contributed by atoms with Crippen molar-refractivity contribution in [3.05, 3.63) is 81.4 Å². The molecule has 0 fully saturated rings. The van der Waals surface area contributed by atoms with Gasteiger partial charge in [-0.3, -0.25) is 4.79 Å². The van der Waals surface area contributed by atoms with Crippen molar-refractivity contribution in [2.75, 3.05) is 6.61 Å². The van der Waals surface area contributed by atoms with E-state index in [0.717, 1.165) is 39.8 Å². The Morgan fingerprint density at radius 3 is 2.16 bits per heavy atom. The molecule has 3 rings (SSSR count). The number of halogens is 2. The molecule has 0 saturated heterocycles. The predicted octanol–water partition coefficient (Wildman–Crippen LogP) is 7.40. The van der Waals surface area contributed by atoms with Crippen molar-refractivity contribution in [2.24, 2.45) is 0 Å². The molecule has 5 nitrogen and oxygen atoms in total. The zero-order valence-electron chi connectivity index (χ0n) is 21.7. The van der Waals surface area contributed by atoms with E-state index in [9.17, 15) is 15.0 Å². The first-order chi connectivity index (χ1) is 17.6. The SMILES string of the molecule is CCC(Cl)C(C)(CCO)OCc1cccc(-c2cccc(COc3cc(O)c(C=O)cc3Cl)c2C)c1C. The molecule has 0 spiro atoms. The lowest BCUT2D eigenvalue weighted by Crippen LogP contribution is -2.39. The average Bonchev–Trinajstić information content (AvgIpc) is 2.88. The molecule has 37 heavy (non-hydrogen) atoms. The number of phenols is 1. The van der Waals surface area contributed by atoms with Gasteiger partial charge in [0, 0.05) is 19.1 Å². The first-order valence-electron chi connectivity index (χ1n) is 12.3. The summed E-state index contributed by atoms with van der Waals surface area (Å²) in [5, 5.41) is 19.6. The van der Waals surface area contributed by atoms with Gasteiger partial charge in [0.25, 0.3) is 0 Å². The third-order valence-electron chi connectivity index (χ3n) is 6.96. The van der Waals surface area contributed by atoms with Gasteiger partial charge in [0.05, 0.1) is 28.2 Å². The molecule has 0 bridgehead atoms. The Bertz CT molecular complexity index is 1240. The fourth-order valence-electron chi connectivity index (χ4n) is 4.40. The molecule has 0 heterocycles.